The molecule has 2 amide bonds. The summed E-state index contributed by atoms with van der Waals surface area (Å²) in [4.78, 5) is 29.0. The van der Waals surface area contributed by atoms with Crippen LogP contribution < -0.4 is 14.4 Å². The van der Waals surface area contributed by atoms with Crippen LogP contribution in [0.15, 0.2) is 77.7 Å². The minimum atomic E-state index is -4.15. The van der Waals surface area contributed by atoms with Crippen molar-refractivity contribution < 1.29 is 22.7 Å². The molecule has 8 nitrogen and oxygen atoms in total. The van der Waals surface area contributed by atoms with Crippen LogP contribution in [0.3, 0.4) is 0 Å². The van der Waals surface area contributed by atoms with Gasteiger partial charge in [-0.2, -0.15) is 0 Å². The van der Waals surface area contributed by atoms with Gasteiger partial charge in [-0.3, -0.25) is 13.9 Å². The predicted molar refractivity (Wildman–Crippen MR) is 162 cm³/mol. The van der Waals surface area contributed by atoms with Crippen LogP contribution in [0.2, 0.25) is 0 Å². The molecule has 3 aromatic carbocycles. The third kappa shape index (κ3) is 8.33. The topological polar surface area (TPSA) is 96.0 Å². The number of methoxy groups -OCH3 is 1. The summed E-state index contributed by atoms with van der Waals surface area (Å²) >= 11 is 0. The second kappa shape index (κ2) is 14.2. The fourth-order valence-electron chi connectivity index (χ4n) is 4.36. The molecule has 1 atom stereocenters. The number of benzene rings is 3. The number of hydrogen-bond acceptors (Lipinski definition) is 5. The van der Waals surface area contributed by atoms with Crippen molar-refractivity contribution in [3.05, 3.63) is 89.5 Å². The van der Waals surface area contributed by atoms with Crippen molar-refractivity contribution in [3.63, 3.8) is 0 Å². The number of nitrogens with zero attached hydrogens (tertiary/aromatic N) is 2. The first-order valence-corrected chi connectivity index (χ1v) is 15.3. The van der Waals surface area contributed by atoms with Crippen LogP contribution >= 0.6 is 0 Å². The molecule has 0 spiro atoms. The minimum absolute atomic E-state index is 0.0607. The van der Waals surface area contributed by atoms with E-state index < -0.39 is 28.5 Å². The Labute approximate surface area is 244 Å². The summed E-state index contributed by atoms with van der Waals surface area (Å²) in [7, 11) is -2.65. The number of carbonyl (C=O) groups excluding carboxylic acids is 2. The van der Waals surface area contributed by atoms with Gasteiger partial charge in [0, 0.05) is 19.2 Å². The van der Waals surface area contributed by atoms with Gasteiger partial charge in [-0.1, -0.05) is 74.4 Å². The highest BCUT2D eigenvalue weighted by Gasteiger charge is 2.33. The molecule has 0 saturated heterocycles. The van der Waals surface area contributed by atoms with E-state index in [9.17, 15) is 18.0 Å². The van der Waals surface area contributed by atoms with Crippen molar-refractivity contribution in [3.8, 4) is 5.75 Å². The predicted octanol–water partition coefficient (Wildman–Crippen LogP) is 5.09. The quantitative estimate of drug-likeness (QED) is 0.305. The molecule has 41 heavy (non-hydrogen) atoms. The zero-order chi connectivity index (χ0) is 30.2. The van der Waals surface area contributed by atoms with E-state index in [4.69, 9.17) is 4.74 Å². The van der Waals surface area contributed by atoms with Crippen molar-refractivity contribution >= 4 is 27.5 Å². The van der Waals surface area contributed by atoms with E-state index in [0.29, 0.717) is 18.7 Å². The van der Waals surface area contributed by atoms with Crippen LogP contribution in [-0.4, -0.2) is 51.4 Å². The molecule has 0 fully saturated rings. The molecule has 3 aromatic rings. The van der Waals surface area contributed by atoms with Crippen molar-refractivity contribution in [2.75, 3.05) is 24.5 Å². The van der Waals surface area contributed by atoms with E-state index in [2.05, 4.69) is 5.32 Å². The highest BCUT2D eigenvalue weighted by atomic mass is 32.2. The van der Waals surface area contributed by atoms with E-state index in [1.807, 2.05) is 58.9 Å². The van der Waals surface area contributed by atoms with Gasteiger partial charge >= 0.3 is 0 Å². The van der Waals surface area contributed by atoms with Crippen molar-refractivity contribution in [1.29, 1.82) is 0 Å². The van der Waals surface area contributed by atoms with Crippen molar-refractivity contribution in [2.24, 2.45) is 5.92 Å². The zero-order valence-electron chi connectivity index (χ0n) is 24.8. The average Bonchev–Trinajstić information content (AvgIpc) is 2.95. The lowest BCUT2D eigenvalue weighted by Crippen LogP contribution is -2.52. The van der Waals surface area contributed by atoms with Crippen molar-refractivity contribution in [2.45, 2.75) is 58.5 Å². The molecule has 9 heteroatoms. The third-order valence-electron chi connectivity index (χ3n) is 6.77. The smallest absolute Gasteiger partial charge is 0.264 e. The van der Waals surface area contributed by atoms with Gasteiger partial charge in [0.05, 0.1) is 17.7 Å². The number of sulfonamides is 1. The molecule has 1 unspecified atom stereocenters. The molecule has 0 bridgehead atoms. The molecule has 3 rings (SSSR count). The minimum Gasteiger partial charge on any atom is -0.497 e. The van der Waals surface area contributed by atoms with Crippen LogP contribution in [0, 0.1) is 19.8 Å². The van der Waals surface area contributed by atoms with Crippen LogP contribution in [-0.2, 0) is 26.2 Å². The van der Waals surface area contributed by atoms with Crippen LogP contribution in [0.4, 0.5) is 5.69 Å². The molecule has 0 heterocycles. The second-order valence-electron chi connectivity index (χ2n) is 10.6. The van der Waals surface area contributed by atoms with E-state index in [1.165, 1.54) is 24.1 Å². The number of nitrogens with one attached hydrogen (secondary N) is 1. The van der Waals surface area contributed by atoms with E-state index in [0.717, 1.165) is 21.0 Å². The fourth-order valence-corrected chi connectivity index (χ4v) is 5.77. The molecule has 0 radical (unpaired) electrons. The normalized spacial score (nSPS) is 12.1. The highest BCUT2D eigenvalue weighted by Crippen LogP contribution is 2.28. The van der Waals surface area contributed by atoms with Gasteiger partial charge in [0.15, 0.2) is 0 Å². The van der Waals surface area contributed by atoms with Gasteiger partial charge in [-0.25, -0.2) is 8.42 Å². The zero-order valence-corrected chi connectivity index (χ0v) is 25.6. The van der Waals surface area contributed by atoms with E-state index >= 15 is 0 Å². The average molecular weight is 580 g/mol. The highest BCUT2D eigenvalue weighted by molar-refractivity contribution is 7.92. The summed E-state index contributed by atoms with van der Waals surface area (Å²) in [6.45, 7) is 9.82. The Kier molecular flexibility index (Phi) is 10.9. The monoisotopic (exact) mass is 579 g/mol. The molecule has 0 aliphatic carbocycles. The lowest BCUT2D eigenvalue weighted by molar-refractivity contribution is -0.140. The van der Waals surface area contributed by atoms with Gasteiger partial charge in [0.2, 0.25) is 11.8 Å². The first-order chi connectivity index (χ1) is 19.5. The number of rotatable bonds is 13. The number of carbonyl (C=O) groups is 2. The number of ether oxygens (including phenoxy) is 1. The Morgan fingerprint density at radius 1 is 0.927 bits per heavy atom. The van der Waals surface area contributed by atoms with Crippen LogP contribution in [0.1, 0.15) is 43.9 Å². The van der Waals surface area contributed by atoms with Crippen molar-refractivity contribution in [1.82, 2.24) is 10.2 Å². The summed E-state index contributed by atoms with van der Waals surface area (Å²) in [5, 5.41) is 2.94. The maximum atomic E-state index is 14.1. The third-order valence-corrected chi connectivity index (χ3v) is 8.56. The molecule has 220 valence electrons. The Morgan fingerprint density at radius 2 is 1.54 bits per heavy atom. The van der Waals surface area contributed by atoms with E-state index in [-0.39, 0.29) is 29.0 Å². The molecule has 0 aliphatic rings. The first kappa shape index (κ1) is 31.7. The Balaban J connectivity index is 2.06. The van der Waals surface area contributed by atoms with E-state index in [1.54, 1.807) is 36.4 Å². The summed E-state index contributed by atoms with van der Waals surface area (Å²) in [6.07, 6.45) is 0.366. The van der Waals surface area contributed by atoms with Gasteiger partial charge in [0.25, 0.3) is 10.0 Å². The standard InChI is InChI=1S/C32H41N3O5S/c1-7-30(32(37)33-20-23(2)3)34(21-26-15-11-24(4)12-16-26)31(36)22-35(27-9-8-10-28(19-27)40-6)41(38,39)29-17-13-25(5)14-18-29/h8-19,23,30H,7,20-22H2,1-6H3,(H,33,37). The summed E-state index contributed by atoms with van der Waals surface area (Å²) in [5.41, 5.74) is 3.11. The second-order valence-corrected chi connectivity index (χ2v) is 12.5. The molecular weight excluding hydrogens is 538 g/mol. The summed E-state index contributed by atoms with van der Waals surface area (Å²) < 4.78 is 34.4. The van der Waals surface area contributed by atoms with Crippen LogP contribution in [0.25, 0.3) is 0 Å². The maximum absolute atomic E-state index is 14.1. The van der Waals surface area contributed by atoms with Gasteiger partial charge in [0.1, 0.15) is 18.3 Å². The van der Waals surface area contributed by atoms with Crippen LogP contribution in [0.5, 0.6) is 5.75 Å². The Bertz CT molecular complexity index is 1420. The number of amides is 2. The lowest BCUT2D eigenvalue weighted by Gasteiger charge is -2.33. The Morgan fingerprint density at radius 3 is 2.10 bits per heavy atom. The van der Waals surface area contributed by atoms with Gasteiger partial charge in [-0.15, -0.1) is 0 Å². The maximum Gasteiger partial charge on any atom is 0.264 e. The van der Waals surface area contributed by atoms with Gasteiger partial charge in [-0.05, 0) is 56.0 Å². The number of anilines is 1. The summed E-state index contributed by atoms with van der Waals surface area (Å²) in [6, 6.07) is 20.0. The fraction of sp³-hybridized carbons (Fsp3) is 0.375. The number of hydrogen-bond donors (Lipinski definition) is 1. The SMILES string of the molecule is CCC(C(=O)NCC(C)C)N(Cc1ccc(C)cc1)C(=O)CN(c1cccc(OC)c1)S(=O)(=O)c1ccc(C)cc1. The molecule has 0 aromatic heterocycles. The lowest BCUT2D eigenvalue weighted by atomic mass is 10.1. The first-order valence-electron chi connectivity index (χ1n) is 13.8. The Hall–Kier alpha value is -3.85. The molecular formula is C32H41N3O5S. The van der Waals surface area contributed by atoms with Gasteiger partial charge < -0.3 is 15.0 Å². The molecule has 1 N–H and O–H groups in total. The largest absolute Gasteiger partial charge is 0.497 e. The number of aryl methyl sites for hydroxylation is 2. The molecule has 0 saturated carbocycles. The molecule has 0 aliphatic heterocycles. The summed E-state index contributed by atoms with van der Waals surface area (Å²) in [5.74, 6) is -0.0670.